The third-order valence-electron chi connectivity index (χ3n) is 2.94. The molecule has 0 saturated carbocycles. The number of aryl methyl sites for hydroxylation is 1. The van der Waals surface area contributed by atoms with Gasteiger partial charge >= 0.3 is 0 Å². The van der Waals surface area contributed by atoms with E-state index in [9.17, 15) is 8.78 Å². The monoisotopic (exact) mass is 292 g/mol. The Kier molecular flexibility index (Phi) is 5.03. The Labute approximate surface area is 122 Å². The average Bonchev–Trinajstić information content (AvgIpc) is 2.41. The van der Waals surface area contributed by atoms with Crippen LogP contribution in [0.4, 0.5) is 20.5 Å². The predicted molar refractivity (Wildman–Crippen MR) is 79.5 cm³/mol. The van der Waals surface area contributed by atoms with Gasteiger partial charge in [-0.25, -0.2) is 13.8 Å². The molecule has 0 saturated heterocycles. The van der Waals surface area contributed by atoms with Crippen molar-refractivity contribution >= 4 is 11.8 Å². The summed E-state index contributed by atoms with van der Waals surface area (Å²) in [5.74, 6) is 0.163. The maximum atomic E-state index is 13.1. The van der Waals surface area contributed by atoms with Crippen LogP contribution in [0.2, 0.25) is 0 Å². The Hall–Kier alpha value is -2.24. The van der Waals surface area contributed by atoms with Gasteiger partial charge in [0.1, 0.15) is 17.5 Å². The van der Waals surface area contributed by atoms with Crippen LogP contribution in [0.1, 0.15) is 18.1 Å². The summed E-state index contributed by atoms with van der Waals surface area (Å²) in [5.41, 5.74) is 1.53. The van der Waals surface area contributed by atoms with Crippen LogP contribution in [0.25, 0.3) is 0 Å². The number of aromatic nitrogens is 2. The van der Waals surface area contributed by atoms with Crippen molar-refractivity contribution in [3.05, 3.63) is 47.2 Å². The van der Waals surface area contributed by atoms with E-state index >= 15 is 0 Å². The minimum Gasteiger partial charge on any atom is -0.369 e. The SMILES string of the molecule is CCNc1ncc(C)c(NCCc2cc(F)cc(F)c2)n1. The van der Waals surface area contributed by atoms with Gasteiger partial charge in [0.15, 0.2) is 0 Å². The summed E-state index contributed by atoms with van der Waals surface area (Å²) < 4.78 is 26.2. The number of nitrogens with one attached hydrogen (secondary N) is 2. The molecule has 0 amide bonds. The van der Waals surface area contributed by atoms with E-state index in [1.807, 2.05) is 13.8 Å². The number of nitrogens with zero attached hydrogens (tertiary/aromatic N) is 2. The molecule has 0 aliphatic rings. The molecular formula is C15H18F2N4. The molecule has 0 atom stereocenters. The molecule has 6 heteroatoms. The van der Waals surface area contributed by atoms with Crippen LogP contribution in [0.3, 0.4) is 0 Å². The van der Waals surface area contributed by atoms with E-state index < -0.39 is 11.6 Å². The molecule has 1 aromatic heterocycles. The lowest BCUT2D eigenvalue weighted by atomic mass is 10.1. The minimum absolute atomic E-state index is 0.509. The highest BCUT2D eigenvalue weighted by atomic mass is 19.1. The Morgan fingerprint density at radius 1 is 1.10 bits per heavy atom. The average molecular weight is 292 g/mol. The number of halogens is 2. The maximum Gasteiger partial charge on any atom is 0.224 e. The van der Waals surface area contributed by atoms with Gasteiger partial charge in [0, 0.05) is 30.9 Å². The topological polar surface area (TPSA) is 49.8 Å². The molecule has 1 heterocycles. The number of benzene rings is 1. The second-order valence-electron chi connectivity index (χ2n) is 4.71. The fraction of sp³-hybridized carbons (Fsp3) is 0.333. The third kappa shape index (κ3) is 4.37. The molecule has 0 fully saturated rings. The molecule has 0 spiro atoms. The lowest BCUT2D eigenvalue weighted by Gasteiger charge is -2.10. The molecule has 0 unspecified atom stereocenters. The van der Waals surface area contributed by atoms with Gasteiger partial charge in [-0.15, -0.1) is 0 Å². The van der Waals surface area contributed by atoms with Crippen molar-refractivity contribution in [2.24, 2.45) is 0 Å². The van der Waals surface area contributed by atoms with Crippen molar-refractivity contribution in [2.75, 3.05) is 23.7 Å². The van der Waals surface area contributed by atoms with Crippen LogP contribution in [-0.2, 0) is 6.42 Å². The first kappa shape index (κ1) is 15.2. The van der Waals surface area contributed by atoms with Crippen molar-refractivity contribution in [1.29, 1.82) is 0 Å². The highest BCUT2D eigenvalue weighted by molar-refractivity contribution is 5.46. The van der Waals surface area contributed by atoms with Crippen LogP contribution >= 0.6 is 0 Å². The molecular weight excluding hydrogens is 274 g/mol. The van der Waals surface area contributed by atoms with Crippen LogP contribution in [0, 0.1) is 18.6 Å². The van der Waals surface area contributed by atoms with E-state index in [-0.39, 0.29) is 0 Å². The van der Waals surface area contributed by atoms with Crippen molar-refractivity contribution in [3.8, 4) is 0 Å². The summed E-state index contributed by atoms with van der Waals surface area (Å²) in [6, 6.07) is 3.54. The van der Waals surface area contributed by atoms with Gasteiger partial charge in [-0.2, -0.15) is 4.98 Å². The van der Waals surface area contributed by atoms with E-state index in [1.165, 1.54) is 12.1 Å². The number of anilines is 2. The van der Waals surface area contributed by atoms with E-state index in [1.54, 1.807) is 6.20 Å². The van der Waals surface area contributed by atoms with Gasteiger partial charge in [-0.05, 0) is 38.0 Å². The molecule has 2 rings (SSSR count). The van der Waals surface area contributed by atoms with E-state index in [0.717, 1.165) is 24.0 Å². The quantitative estimate of drug-likeness (QED) is 0.858. The van der Waals surface area contributed by atoms with Crippen molar-refractivity contribution in [2.45, 2.75) is 20.3 Å². The van der Waals surface area contributed by atoms with E-state index in [2.05, 4.69) is 20.6 Å². The van der Waals surface area contributed by atoms with Crippen LogP contribution in [0.5, 0.6) is 0 Å². The normalized spacial score (nSPS) is 10.5. The Bertz CT molecular complexity index is 596. The van der Waals surface area contributed by atoms with E-state index in [4.69, 9.17) is 0 Å². The highest BCUT2D eigenvalue weighted by Gasteiger charge is 2.04. The standard InChI is InChI=1S/C15H18F2N4/c1-3-18-15-20-9-10(2)14(21-15)19-5-4-11-6-12(16)8-13(17)7-11/h6-9H,3-5H2,1-2H3,(H2,18,19,20,21). The van der Waals surface area contributed by atoms with Crippen LogP contribution in [-0.4, -0.2) is 23.1 Å². The molecule has 0 aliphatic carbocycles. The van der Waals surface area contributed by atoms with Crippen molar-refractivity contribution in [3.63, 3.8) is 0 Å². The summed E-state index contributed by atoms with van der Waals surface area (Å²) in [6.07, 6.45) is 2.24. The summed E-state index contributed by atoms with van der Waals surface area (Å²) in [6.45, 7) is 5.14. The second kappa shape index (κ2) is 6.97. The van der Waals surface area contributed by atoms with Gasteiger partial charge in [-0.1, -0.05) is 0 Å². The predicted octanol–water partition coefficient (Wildman–Crippen LogP) is 3.15. The fourth-order valence-electron chi connectivity index (χ4n) is 1.94. The first-order valence-corrected chi connectivity index (χ1v) is 6.85. The molecule has 2 aromatic rings. The van der Waals surface area contributed by atoms with Crippen molar-refractivity contribution < 1.29 is 8.78 Å². The van der Waals surface area contributed by atoms with Gasteiger partial charge in [0.2, 0.25) is 5.95 Å². The molecule has 112 valence electrons. The first-order valence-electron chi connectivity index (χ1n) is 6.85. The van der Waals surface area contributed by atoms with Gasteiger partial charge in [-0.3, -0.25) is 0 Å². The highest BCUT2D eigenvalue weighted by Crippen LogP contribution is 2.13. The van der Waals surface area contributed by atoms with Crippen LogP contribution in [0.15, 0.2) is 24.4 Å². The van der Waals surface area contributed by atoms with E-state index in [0.29, 0.717) is 24.5 Å². The van der Waals surface area contributed by atoms with Gasteiger partial charge in [0.25, 0.3) is 0 Å². The Balaban J connectivity index is 1.98. The Morgan fingerprint density at radius 3 is 2.48 bits per heavy atom. The van der Waals surface area contributed by atoms with Gasteiger partial charge < -0.3 is 10.6 Å². The number of rotatable bonds is 6. The largest absolute Gasteiger partial charge is 0.369 e. The second-order valence-corrected chi connectivity index (χ2v) is 4.71. The molecule has 4 nitrogen and oxygen atoms in total. The molecule has 0 bridgehead atoms. The zero-order valence-corrected chi connectivity index (χ0v) is 12.1. The smallest absolute Gasteiger partial charge is 0.224 e. The number of hydrogen-bond acceptors (Lipinski definition) is 4. The number of hydrogen-bond donors (Lipinski definition) is 2. The summed E-state index contributed by atoms with van der Waals surface area (Å²) in [4.78, 5) is 8.50. The molecule has 0 radical (unpaired) electrons. The summed E-state index contributed by atoms with van der Waals surface area (Å²) in [7, 11) is 0. The maximum absolute atomic E-state index is 13.1. The van der Waals surface area contributed by atoms with Crippen molar-refractivity contribution in [1.82, 2.24) is 9.97 Å². The Morgan fingerprint density at radius 2 is 1.81 bits per heavy atom. The third-order valence-corrected chi connectivity index (χ3v) is 2.94. The zero-order chi connectivity index (χ0) is 15.2. The zero-order valence-electron chi connectivity index (χ0n) is 12.1. The van der Waals surface area contributed by atoms with Gasteiger partial charge in [0.05, 0.1) is 0 Å². The lowest BCUT2D eigenvalue weighted by molar-refractivity contribution is 0.580. The molecule has 1 aromatic carbocycles. The molecule has 0 aliphatic heterocycles. The molecule has 2 N–H and O–H groups in total. The summed E-state index contributed by atoms with van der Waals surface area (Å²) >= 11 is 0. The fourth-order valence-corrected chi connectivity index (χ4v) is 1.94. The first-order chi connectivity index (χ1) is 10.1. The lowest BCUT2D eigenvalue weighted by Crippen LogP contribution is -2.10. The van der Waals surface area contributed by atoms with Crippen LogP contribution < -0.4 is 10.6 Å². The minimum atomic E-state index is -0.558. The molecule has 21 heavy (non-hydrogen) atoms. The summed E-state index contributed by atoms with van der Waals surface area (Å²) in [5, 5.41) is 6.20.